The predicted molar refractivity (Wildman–Crippen MR) is 63.9 cm³/mol. The van der Waals surface area contributed by atoms with E-state index in [2.05, 4.69) is 27.7 Å². The van der Waals surface area contributed by atoms with Crippen LogP contribution < -0.4 is 0 Å². The highest BCUT2D eigenvalue weighted by Crippen LogP contribution is 2.42. The van der Waals surface area contributed by atoms with Gasteiger partial charge in [0.1, 0.15) is 6.29 Å². The van der Waals surface area contributed by atoms with E-state index in [1.165, 1.54) is 0 Å². The molecule has 0 aromatic rings. The molecule has 0 spiro atoms. The molecule has 0 atom stereocenters. The van der Waals surface area contributed by atoms with Crippen LogP contribution in [0.3, 0.4) is 0 Å². The van der Waals surface area contributed by atoms with Crippen molar-refractivity contribution >= 4 is 6.29 Å². The number of carbonyl (C=O) groups is 1. The van der Waals surface area contributed by atoms with E-state index in [0.29, 0.717) is 6.61 Å². The van der Waals surface area contributed by atoms with Gasteiger partial charge in [0.15, 0.2) is 0 Å². The molecule has 2 heteroatoms. The highest BCUT2D eigenvalue weighted by molar-refractivity contribution is 5.58. The summed E-state index contributed by atoms with van der Waals surface area (Å²) in [4.78, 5) is 10.9. The summed E-state index contributed by atoms with van der Waals surface area (Å²) in [5.74, 6) is 0. The predicted octanol–water partition coefficient (Wildman–Crippen LogP) is 3.44. The zero-order valence-corrected chi connectivity index (χ0v) is 11.3. The van der Waals surface area contributed by atoms with Crippen LogP contribution in [-0.4, -0.2) is 18.5 Å². The Morgan fingerprint density at radius 3 is 1.87 bits per heavy atom. The van der Waals surface area contributed by atoms with Crippen molar-refractivity contribution in [3.05, 3.63) is 0 Å². The van der Waals surface area contributed by atoms with Gasteiger partial charge in [0, 0.05) is 12.0 Å². The number of carbonyl (C=O) groups excluding carboxylic acids is 1. The fourth-order valence-electron chi connectivity index (χ4n) is 1.95. The minimum Gasteiger partial charge on any atom is -0.375 e. The van der Waals surface area contributed by atoms with E-state index in [9.17, 15) is 4.79 Å². The molecule has 0 aromatic heterocycles. The smallest absolute Gasteiger partial charge is 0.125 e. The quantitative estimate of drug-likeness (QED) is 0.633. The molecule has 0 N–H and O–H groups in total. The molecule has 0 unspecified atom stereocenters. The van der Waals surface area contributed by atoms with E-state index in [4.69, 9.17) is 4.74 Å². The van der Waals surface area contributed by atoms with E-state index in [1.807, 2.05) is 20.8 Å². The van der Waals surface area contributed by atoms with Crippen LogP contribution in [0, 0.1) is 10.8 Å². The molecule has 0 aliphatic rings. The maximum atomic E-state index is 10.9. The molecule has 0 saturated carbocycles. The first-order valence-electron chi connectivity index (χ1n) is 5.68. The van der Waals surface area contributed by atoms with Gasteiger partial charge in [-0.2, -0.15) is 0 Å². The Balaban J connectivity index is 4.74. The maximum absolute atomic E-state index is 10.9. The van der Waals surface area contributed by atoms with Crippen LogP contribution in [0.15, 0.2) is 0 Å². The van der Waals surface area contributed by atoms with Crippen LogP contribution in [0.5, 0.6) is 0 Å². The van der Waals surface area contributed by atoms with Crippen LogP contribution in [0.4, 0.5) is 0 Å². The van der Waals surface area contributed by atoms with Crippen molar-refractivity contribution in [2.45, 2.75) is 60.5 Å². The number of hydrogen-bond donors (Lipinski definition) is 0. The monoisotopic (exact) mass is 214 g/mol. The average molecular weight is 214 g/mol. The molecule has 2 nitrogen and oxygen atoms in total. The van der Waals surface area contributed by atoms with Gasteiger partial charge in [0.05, 0.1) is 5.60 Å². The molecule has 0 saturated heterocycles. The van der Waals surface area contributed by atoms with Gasteiger partial charge in [-0.3, -0.25) is 0 Å². The lowest BCUT2D eigenvalue weighted by molar-refractivity contribution is -0.125. The van der Waals surface area contributed by atoms with E-state index >= 15 is 0 Å². The third kappa shape index (κ3) is 3.94. The Labute approximate surface area is 94.4 Å². The topological polar surface area (TPSA) is 26.3 Å². The summed E-state index contributed by atoms with van der Waals surface area (Å²) < 4.78 is 5.77. The van der Waals surface area contributed by atoms with Crippen LogP contribution in [0.2, 0.25) is 0 Å². The first kappa shape index (κ1) is 14.6. The van der Waals surface area contributed by atoms with Gasteiger partial charge in [-0.15, -0.1) is 0 Å². The Bertz CT molecular complexity index is 215. The second-order valence-corrected chi connectivity index (χ2v) is 6.11. The Morgan fingerprint density at radius 2 is 1.53 bits per heavy atom. The summed E-state index contributed by atoms with van der Waals surface area (Å²) in [6, 6.07) is 0. The zero-order valence-electron chi connectivity index (χ0n) is 11.3. The first-order chi connectivity index (χ1) is 6.58. The number of ether oxygens (including phenoxy) is 1. The molecule has 15 heavy (non-hydrogen) atoms. The lowest BCUT2D eigenvalue weighted by Gasteiger charge is -2.44. The van der Waals surface area contributed by atoms with Crippen molar-refractivity contribution in [1.82, 2.24) is 0 Å². The van der Waals surface area contributed by atoms with Gasteiger partial charge in [0.25, 0.3) is 0 Å². The average Bonchev–Trinajstić information content (AvgIpc) is 2.02. The molecule has 0 fully saturated rings. The van der Waals surface area contributed by atoms with Crippen molar-refractivity contribution in [1.29, 1.82) is 0 Å². The Hall–Kier alpha value is -0.370. The lowest BCUT2D eigenvalue weighted by Crippen LogP contribution is -2.44. The zero-order chi connectivity index (χ0) is 12.3. The molecule has 0 amide bonds. The van der Waals surface area contributed by atoms with Gasteiger partial charge >= 0.3 is 0 Å². The highest BCUT2D eigenvalue weighted by Gasteiger charge is 2.41. The minimum atomic E-state index is -0.280. The van der Waals surface area contributed by atoms with Crippen molar-refractivity contribution < 1.29 is 9.53 Å². The molecule has 90 valence electrons. The van der Waals surface area contributed by atoms with Crippen LogP contribution in [0.1, 0.15) is 54.9 Å². The third-order valence-electron chi connectivity index (χ3n) is 3.35. The van der Waals surface area contributed by atoms with E-state index in [-0.39, 0.29) is 16.4 Å². The van der Waals surface area contributed by atoms with Crippen molar-refractivity contribution in [3.8, 4) is 0 Å². The molecule has 0 aromatic carbocycles. The van der Waals surface area contributed by atoms with Gasteiger partial charge < -0.3 is 9.53 Å². The number of aldehydes is 1. The summed E-state index contributed by atoms with van der Waals surface area (Å²) in [7, 11) is 0. The molecule has 0 heterocycles. The van der Waals surface area contributed by atoms with Gasteiger partial charge in [0.2, 0.25) is 0 Å². The minimum absolute atomic E-state index is 0.0204. The normalized spacial score (nSPS) is 14.1. The molecule has 0 bridgehead atoms. The number of rotatable bonds is 6. The summed E-state index contributed by atoms with van der Waals surface area (Å²) >= 11 is 0. The lowest BCUT2D eigenvalue weighted by atomic mass is 9.67. The van der Waals surface area contributed by atoms with Gasteiger partial charge in [-0.05, 0) is 32.6 Å². The van der Waals surface area contributed by atoms with E-state index in [1.54, 1.807) is 0 Å². The molecule has 0 aliphatic carbocycles. The Kier molecular flexibility index (Phi) is 4.53. The largest absolute Gasteiger partial charge is 0.375 e. The SMILES string of the molecule is CCOC(C)(C)C(C)(C)CC(C)(C)C=O. The highest BCUT2D eigenvalue weighted by atomic mass is 16.5. The Morgan fingerprint density at radius 1 is 1.07 bits per heavy atom. The summed E-state index contributed by atoms with van der Waals surface area (Å²) in [5, 5.41) is 0. The van der Waals surface area contributed by atoms with Crippen molar-refractivity contribution in [3.63, 3.8) is 0 Å². The second-order valence-electron chi connectivity index (χ2n) is 6.11. The fraction of sp³-hybridized carbons (Fsp3) is 0.923. The summed E-state index contributed by atoms with van der Waals surface area (Å²) in [6.07, 6.45) is 1.87. The molecule has 0 radical (unpaired) electrons. The van der Waals surface area contributed by atoms with Gasteiger partial charge in [-0.1, -0.05) is 27.7 Å². The van der Waals surface area contributed by atoms with Crippen LogP contribution >= 0.6 is 0 Å². The standard InChI is InChI=1S/C13H26O2/c1-8-15-13(6,7)12(4,5)9-11(2,3)10-14/h10H,8-9H2,1-7H3. The third-order valence-corrected chi connectivity index (χ3v) is 3.35. The van der Waals surface area contributed by atoms with Crippen molar-refractivity contribution in [2.75, 3.05) is 6.61 Å². The molecule has 0 rings (SSSR count). The molecular formula is C13H26O2. The van der Waals surface area contributed by atoms with Gasteiger partial charge in [-0.25, -0.2) is 0 Å². The van der Waals surface area contributed by atoms with E-state index < -0.39 is 0 Å². The summed E-state index contributed by atoms with van der Waals surface area (Å²) in [6.45, 7) is 15.2. The van der Waals surface area contributed by atoms with Crippen LogP contribution in [-0.2, 0) is 9.53 Å². The molecule has 0 aliphatic heterocycles. The number of hydrogen-bond acceptors (Lipinski definition) is 2. The fourth-order valence-corrected chi connectivity index (χ4v) is 1.95. The van der Waals surface area contributed by atoms with E-state index in [0.717, 1.165) is 12.7 Å². The summed E-state index contributed by atoms with van der Waals surface area (Å²) in [5.41, 5.74) is -0.507. The van der Waals surface area contributed by atoms with Crippen molar-refractivity contribution in [2.24, 2.45) is 10.8 Å². The first-order valence-corrected chi connectivity index (χ1v) is 5.68. The van der Waals surface area contributed by atoms with Crippen LogP contribution in [0.25, 0.3) is 0 Å². The second kappa shape index (κ2) is 4.65. The maximum Gasteiger partial charge on any atom is 0.125 e. The molecular weight excluding hydrogens is 188 g/mol.